The smallest absolute Gasteiger partial charge is 0.145 e. The topological polar surface area (TPSA) is 32.3 Å². The van der Waals surface area contributed by atoms with E-state index in [1.54, 1.807) is 6.33 Å². The fraction of sp³-hybridized carbons (Fsp3) is 0.667. The Balaban J connectivity index is 1.93. The van der Waals surface area contributed by atoms with Crippen molar-refractivity contribution in [3.05, 3.63) is 16.1 Å². The number of hydrogen-bond acceptors (Lipinski definition) is 4. The van der Waals surface area contributed by atoms with Crippen molar-refractivity contribution in [2.24, 2.45) is 5.92 Å². The van der Waals surface area contributed by atoms with Gasteiger partial charge in [-0.3, -0.25) is 0 Å². The summed E-state index contributed by atoms with van der Waals surface area (Å²) in [5, 5.41) is 0. The van der Waals surface area contributed by atoms with Crippen molar-refractivity contribution in [1.82, 2.24) is 14.9 Å². The first kappa shape index (κ1) is 13.0. The number of rotatable bonds is 3. The Labute approximate surface area is 117 Å². The molecular weight excluding hydrogens is 327 g/mol. The van der Waals surface area contributed by atoms with Gasteiger partial charge in [0.05, 0.1) is 3.57 Å². The van der Waals surface area contributed by atoms with Gasteiger partial charge in [-0.05, 0) is 61.5 Å². The first-order valence-corrected chi connectivity index (χ1v) is 7.10. The molecule has 0 aliphatic carbocycles. The molecule has 4 nitrogen and oxygen atoms in total. The monoisotopic (exact) mass is 346 g/mol. The zero-order chi connectivity index (χ0) is 12.3. The highest BCUT2D eigenvalue weighted by Crippen LogP contribution is 2.21. The number of aromatic nitrogens is 2. The van der Waals surface area contributed by atoms with Gasteiger partial charge in [0.2, 0.25) is 0 Å². The molecule has 1 aromatic rings. The number of nitrogens with zero attached hydrogens (tertiary/aromatic N) is 4. The maximum absolute atomic E-state index is 4.36. The number of piperidine rings is 1. The summed E-state index contributed by atoms with van der Waals surface area (Å²) in [5.41, 5.74) is 0. The summed E-state index contributed by atoms with van der Waals surface area (Å²) in [5.74, 6) is 1.85. The SMILES string of the molecule is CN1CCC(CN(C)c2ncncc2I)CC1. The van der Waals surface area contributed by atoms with Crippen LogP contribution in [0, 0.1) is 9.49 Å². The molecule has 0 N–H and O–H groups in total. The molecule has 1 fully saturated rings. The van der Waals surface area contributed by atoms with Crippen LogP contribution in [0.2, 0.25) is 0 Å². The van der Waals surface area contributed by atoms with E-state index in [-0.39, 0.29) is 0 Å². The highest BCUT2D eigenvalue weighted by atomic mass is 127. The van der Waals surface area contributed by atoms with E-state index in [4.69, 9.17) is 0 Å². The summed E-state index contributed by atoms with van der Waals surface area (Å²) in [7, 11) is 4.33. The van der Waals surface area contributed by atoms with Crippen molar-refractivity contribution in [2.45, 2.75) is 12.8 Å². The third-order valence-electron chi connectivity index (χ3n) is 3.38. The predicted octanol–water partition coefficient (Wildman–Crippen LogP) is 1.86. The summed E-state index contributed by atoms with van der Waals surface area (Å²) in [4.78, 5) is 13.1. The summed E-state index contributed by atoms with van der Waals surface area (Å²) in [6.45, 7) is 3.54. The van der Waals surface area contributed by atoms with Crippen LogP contribution in [-0.4, -0.2) is 48.6 Å². The van der Waals surface area contributed by atoms with Gasteiger partial charge in [0.15, 0.2) is 0 Å². The minimum atomic E-state index is 0.793. The molecule has 0 saturated carbocycles. The molecule has 0 spiro atoms. The van der Waals surface area contributed by atoms with Gasteiger partial charge in [0, 0.05) is 19.8 Å². The molecule has 5 heteroatoms. The Hall–Kier alpha value is -0.430. The van der Waals surface area contributed by atoms with Crippen LogP contribution >= 0.6 is 22.6 Å². The molecule has 0 aromatic carbocycles. The zero-order valence-electron chi connectivity index (χ0n) is 10.4. The summed E-state index contributed by atoms with van der Waals surface area (Å²) in [6.07, 6.45) is 6.09. The van der Waals surface area contributed by atoms with Gasteiger partial charge >= 0.3 is 0 Å². The van der Waals surface area contributed by atoms with Gasteiger partial charge in [0.25, 0.3) is 0 Å². The molecule has 0 amide bonds. The van der Waals surface area contributed by atoms with E-state index in [0.29, 0.717) is 0 Å². The lowest BCUT2D eigenvalue weighted by molar-refractivity contribution is 0.222. The lowest BCUT2D eigenvalue weighted by Crippen LogP contribution is -2.36. The first-order valence-electron chi connectivity index (χ1n) is 6.02. The molecular formula is C12H19IN4. The third-order valence-corrected chi connectivity index (χ3v) is 4.14. The Morgan fingerprint density at radius 2 is 2.18 bits per heavy atom. The third kappa shape index (κ3) is 3.51. The second-order valence-electron chi connectivity index (χ2n) is 4.82. The van der Waals surface area contributed by atoms with E-state index < -0.39 is 0 Å². The van der Waals surface area contributed by atoms with Gasteiger partial charge in [-0.1, -0.05) is 0 Å². The Kier molecular flexibility index (Phi) is 4.55. The van der Waals surface area contributed by atoms with Gasteiger partial charge in [-0.2, -0.15) is 0 Å². The Morgan fingerprint density at radius 3 is 2.82 bits per heavy atom. The van der Waals surface area contributed by atoms with Crippen molar-refractivity contribution in [3.8, 4) is 0 Å². The fourth-order valence-corrected chi connectivity index (χ4v) is 3.02. The van der Waals surface area contributed by atoms with Crippen LogP contribution < -0.4 is 4.90 Å². The number of hydrogen-bond donors (Lipinski definition) is 0. The molecule has 0 radical (unpaired) electrons. The molecule has 1 saturated heterocycles. The van der Waals surface area contributed by atoms with Crippen molar-refractivity contribution in [2.75, 3.05) is 38.6 Å². The molecule has 0 bridgehead atoms. The van der Waals surface area contributed by atoms with Crippen LogP contribution in [0.4, 0.5) is 5.82 Å². The lowest BCUT2D eigenvalue weighted by Gasteiger charge is -2.32. The van der Waals surface area contributed by atoms with Crippen LogP contribution in [-0.2, 0) is 0 Å². The molecule has 0 unspecified atom stereocenters. The Morgan fingerprint density at radius 1 is 1.47 bits per heavy atom. The molecule has 2 heterocycles. The van der Waals surface area contributed by atoms with Crippen LogP contribution in [0.1, 0.15) is 12.8 Å². The normalized spacial score (nSPS) is 18.3. The Bertz CT molecular complexity index is 363. The van der Waals surface area contributed by atoms with Gasteiger partial charge in [0.1, 0.15) is 12.1 Å². The summed E-state index contributed by atoms with van der Waals surface area (Å²) in [6, 6.07) is 0. The van der Waals surface area contributed by atoms with Crippen molar-refractivity contribution < 1.29 is 0 Å². The number of anilines is 1. The van der Waals surface area contributed by atoms with Crippen LogP contribution in [0.5, 0.6) is 0 Å². The zero-order valence-corrected chi connectivity index (χ0v) is 12.6. The average molecular weight is 346 g/mol. The van der Waals surface area contributed by atoms with E-state index >= 15 is 0 Å². The lowest BCUT2D eigenvalue weighted by atomic mass is 9.97. The average Bonchev–Trinajstić information content (AvgIpc) is 2.32. The minimum absolute atomic E-state index is 0.793. The molecule has 17 heavy (non-hydrogen) atoms. The molecule has 94 valence electrons. The first-order chi connectivity index (χ1) is 8.16. The second-order valence-corrected chi connectivity index (χ2v) is 5.98. The highest BCUT2D eigenvalue weighted by molar-refractivity contribution is 14.1. The van der Waals surface area contributed by atoms with E-state index in [9.17, 15) is 0 Å². The standard InChI is InChI=1S/C12H19IN4/c1-16-5-3-10(4-6-16)8-17(2)12-11(13)7-14-9-15-12/h7,9-10H,3-6,8H2,1-2H3. The second kappa shape index (κ2) is 5.95. The fourth-order valence-electron chi connectivity index (χ4n) is 2.31. The molecule has 2 rings (SSSR count). The summed E-state index contributed by atoms with van der Waals surface area (Å²) < 4.78 is 1.13. The van der Waals surface area contributed by atoms with Crippen molar-refractivity contribution in [1.29, 1.82) is 0 Å². The summed E-state index contributed by atoms with van der Waals surface area (Å²) >= 11 is 2.30. The van der Waals surface area contributed by atoms with E-state index in [2.05, 4.69) is 56.5 Å². The van der Waals surface area contributed by atoms with E-state index in [0.717, 1.165) is 21.9 Å². The van der Waals surface area contributed by atoms with Gasteiger partial charge in [-0.25, -0.2) is 9.97 Å². The van der Waals surface area contributed by atoms with Crippen LogP contribution in [0.15, 0.2) is 12.5 Å². The molecule has 1 aromatic heterocycles. The number of likely N-dealkylation sites (tertiary alicyclic amines) is 1. The van der Waals surface area contributed by atoms with Crippen LogP contribution in [0.25, 0.3) is 0 Å². The molecule has 1 aliphatic heterocycles. The van der Waals surface area contributed by atoms with E-state index in [1.165, 1.54) is 25.9 Å². The maximum Gasteiger partial charge on any atom is 0.145 e. The minimum Gasteiger partial charge on any atom is -0.358 e. The molecule has 1 aliphatic rings. The maximum atomic E-state index is 4.36. The van der Waals surface area contributed by atoms with Gasteiger partial charge in [-0.15, -0.1) is 0 Å². The van der Waals surface area contributed by atoms with Gasteiger partial charge < -0.3 is 9.80 Å². The quantitative estimate of drug-likeness (QED) is 0.782. The predicted molar refractivity (Wildman–Crippen MR) is 78.2 cm³/mol. The van der Waals surface area contributed by atoms with Crippen molar-refractivity contribution in [3.63, 3.8) is 0 Å². The van der Waals surface area contributed by atoms with Crippen molar-refractivity contribution >= 4 is 28.4 Å². The van der Waals surface area contributed by atoms with Crippen LogP contribution in [0.3, 0.4) is 0 Å². The highest BCUT2D eigenvalue weighted by Gasteiger charge is 2.19. The largest absolute Gasteiger partial charge is 0.358 e. The number of halogens is 1. The van der Waals surface area contributed by atoms with E-state index in [1.807, 2.05) is 6.20 Å². The molecule has 0 atom stereocenters.